The van der Waals surface area contributed by atoms with E-state index in [4.69, 9.17) is 16.7 Å². The molecule has 19 heavy (non-hydrogen) atoms. The number of hydrogen-bond donors (Lipinski definition) is 3. The number of H-pyrrole nitrogens is 1. The number of aromatic amines is 1. The van der Waals surface area contributed by atoms with E-state index < -0.39 is 10.0 Å². The average Bonchev–Trinajstić information content (AvgIpc) is 2.97. The normalized spacial score (nSPS) is 11.9. The van der Waals surface area contributed by atoms with E-state index in [1.54, 1.807) is 6.07 Å². The van der Waals surface area contributed by atoms with E-state index in [1.165, 1.54) is 17.5 Å². The van der Waals surface area contributed by atoms with Crippen LogP contribution in [-0.4, -0.2) is 30.3 Å². The molecule has 0 unspecified atom stereocenters. The molecule has 0 aliphatic heterocycles. The van der Waals surface area contributed by atoms with E-state index in [9.17, 15) is 8.42 Å². The average molecular weight is 322 g/mol. The van der Waals surface area contributed by atoms with Crippen molar-refractivity contribution >= 4 is 33.0 Å². The summed E-state index contributed by atoms with van der Waals surface area (Å²) < 4.78 is 27.0. The SMILES string of the molecule is O=S(=O)(NCCc1ccc(Cl)s1)c1[nH]ncc1CO. The first-order valence-corrected chi connectivity index (χ1v) is 8.07. The molecule has 0 amide bonds. The van der Waals surface area contributed by atoms with E-state index in [-0.39, 0.29) is 23.7 Å². The Morgan fingerprint density at radius 1 is 1.47 bits per heavy atom. The Labute approximate surface area is 119 Å². The maximum absolute atomic E-state index is 12.0. The molecule has 0 aliphatic rings. The van der Waals surface area contributed by atoms with Crippen LogP contribution in [0.25, 0.3) is 0 Å². The summed E-state index contributed by atoms with van der Waals surface area (Å²) in [7, 11) is -3.68. The van der Waals surface area contributed by atoms with Crippen molar-refractivity contribution in [3.63, 3.8) is 0 Å². The molecule has 0 aromatic carbocycles. The highest BCUT2D eigenvalue weighted by molar-refractivity contribution is 7.89. The summed E-state index contributed by atoms with van der Waals surface area (Å²) in [6.07, 6.45) is 1.84. The van der Waals surface area contributed by atoms with E-state index >= 15 is 0 Å². The van der Waals surface area contributed by atoms with E-state index in [1.807, 2.05) is 6.07 Å². The Morgan fingerprint density at radius 3 is 2.89 bits per heavy atom. The molecule has 0 fully saturated rings. The second kappa shape index (κ2) is 6.02. The molecule has 0 atom stereocenters. The molecule has 3 N–H and O–H groups in total. The number of sulfonamides is 1. The van der Waals surface area contributed by atoms with Gasteiger partial charge in [-0.1, -0.05) is 11.6 Å². The van der Waals surface area contributed by atoms with Gasteiger partial charge in [-0.3, -0.25) is 5.10 Å². The summed E-state index contributed by atoms with van der Waals surface area (Å²) in [6.45, 7) is -0.129. The largest absolute Gasteiger partial charge is 0.392 e. The van der Waals surface area contributed by atoms with E-state index in [0.29, 0.717) is 10.8 Å². The van der Waals surface area contributed by atoms with Crippen molar-refractivity contribution < 1.29 is 13.5 Å². The Hall–Kier alpha value is -0.930. The lowest BCUT2D eigenvalue weighted by atomic mass is 10.3. The van der Waals surface area contributed by atoms with Crippen molar-refractivity contribution in [1.82, 2.24) is 14.9 Å². The zero-order valence-electron chi connectivity index (χ0n) is 9.76. The standard InChI is InChI=1S/C10H12ClN3O3S2/c11-9-2-1-8(18-9)3-4-13-19(16,17)10-7(6-15)5-12-14-10/h1-2,5,13,15H,3-4,6H2,(H,12,14). The van der Waals surface area contributed by atoms with Gasteiger partial charge in [0.2, 0.25) is 0 Å². The van der Waals surface area contributed by atoms with Crippen molar-refractivity contribution in [2.75, 3.05) is 6.54 Å². The van der Waals surface area contributed by atoms with E-state index in [2.05, 4.69) is 14.9 Å². The number of rotatable bonds is 6. The molecule has 0 saturated carbocycles. The predicted octanol–water partition coefficient (Wildman–Crippen LogP) is 1.14. The van der Waals surface area contributed by atoms with Gasteiger partial charge in [-0.05, 0) is 18.6 Å². The van der Waals surface area contributed by atoms with Crippen LogP contribution in [0.4, 0.5) is 0 Å². The topological polar surface area (TPSA) is 95.1 Å². The van der Waals surface area contributed by atoms with Crippen LogP contribution in [0.5, 0.6) is 0 Å². The number of nitrogens with zero attached hydrogens (tertiary/aromatic N) is 1. The minimum Gasteiger partial charge on any atom is -0.392 e. The van der Waals surface area contributed by atoms with Crippen molar-refractivity contribution in [3.05, 3.63) is 33.1 Å². The first kappa shape index (κ1) is 14.5. The predicted molar refractivity (Wildman–Crippen MR) is 72.7 cm³/mol. The number of aliphatic hydroxyl groups is 1. The van der Waals surface area contributed by atoms with Crippen LogP contribution in [0.3, 0.4) is 0 Å². The van der Waals surface area contributed by atoms with Gasteiger partial charge in [0, 0.05) is 17.0 Å². The quantitative estimate of drug-likeness (QED) is 0.743. The highest BCUT2D eigenvalue weighted by atomic mass is 35.5. The summed E-state index contributed by atoms with van der Waals surface area (Å²) in [6, 6.07) is 3.63. The zero-order chi connectivity index (χ0) is 13.9. The molecule has 0 aliphatic carbocycles. The number of halogens is 1. The smallest absolute Gasteiger partial charge is 0.257 e. The number of aliphatic hydroxyl groups excluding tert-OH is 1. The summed E-state index contributed by atoms with van der Waals surface area (Å²) in [5.41, 5.74) is 0.242. The van der Waals surface area contributed by atoms with Gasteiger partial charge in [0.25, 0.3) is 10.0 Å². The Balaban J connectivity index is 1.98. The third-order valence-electron chi connectivity index (χ3n) is 2.41. The van der Waals surface area contributed by atoms with Crippen molar-refractivity contribution in [1.29, 1.82) is 0 Å². The van der Waals surface area contributed by atoms with Crippen molar-refractivity contribution in [2.24, 2.45) is 0 Å². The van der Waals surface area contributed by atoms with Gasteiger partial charge in [-0.15, -0.1) is 11.3 Å². The Kier molecular flexibility index (Phi) is 4.58. The lowest BCUT2D eigenvalue weighted by Crippen LogP contribution is -2.27. The van der Waals surface area contributed by atoms with Gasteiger partial charge in [-0.25, -0.2) is 13.1 Å². The molecule has 9 heteroatoms. The molecule has 2 rings (SSSR count). The fourth-order valence-corrected chi connectivity index (χ4v) is 3.75. The van der Waals surface area contributed by atoms with Gasteiger partial charge in [0.05, 0.1) is 17.1 Å². The first-order chi connectivity index (χ1) is 9.03. The third-order valence-corrected chi connectivity index (χ3v) is 5.18. The molecule has 0 bridgehead atoms. The molecule has 0 spiro atoms. The molecule has 0 radical (unpaired) electrons. The zero-order valence-corrected chi connectivity index (χ0v) is 12.1. The molecule has 2 heterocycles. The van der Waals surface area contributed by atoms with Crippen LogP contribution < -0.4 is 4.72 Å². The summed E-state index contributed by atoms with van der Waals surface area (Å²) in [4.78, 5) is 1.000. The Morgan fingerprint density at radius 2 is 2.26 bits per heavy atom. The lowest BCUT2D eigenvalue weighted by Gasteiger charge is -2.05. The van der Waals surface area contributed by atoms with E-state index in [0.717, 1.165) is 4.88 Å². The van der Waals surface area contributed by atoms with Crippen LogP contribution in [0.1, 0.15) is 10.4 Å². The highest BCUT2D eigenvalue weighted by Gasteiger charge is 2.19. The minimum absolute atomic E-state index is 0.0980. The van der Waals surface area contributed by atoms with Gasteiger partial charge in [-0.2, -0.15) is 5.10 Å². The Bertz CT molecular complexity index is 651. The number of hydrogen-bond acceptors (Lipinski definition) is 5. The molecular weight excluding hydrogens is 310 g/mol. The fraction of sp³-hybridized carbons (Fsp3) is 0.300. The number of nitrogens with one attached hydrogen (secondary N) is 2. The second-order valence-electron chi connectivity index (χ2n) is 3.74. The highest BCUT2D eigenvalue weighted by Crippen LogP contribution is 2.21. The van der Waals surface area contributed by atoms with Crippen LogP contribution >= 0.6 is 22.9 Å². The number of thiophene rings is 1. The van der Waals surface area contributed by atoms with Crippen molar-refractivity contribution in [2.45, 2.75) is 18.1 Å². The maximum Gasteiger partial charge on any atom is 0.257 e. The maximum atomic E-state index is 12.0. The minimum atomic E-state index is -3.68. The fourth-order valence-electron chi connectivity index (χ4n) is 1.51. The van der Waals surface area contributed by atoms with Gasteiger partial charge in [0.1, 0.15) is 0 Å². The summed E-state index contributed by atoms with van der Waals surface area (Å²) >= 11 is 7.20. The molecule has 104 valence electrons. The van der Waals surface area contributed by atoms with Crippen molar-refractivity contribution in [3.8, 4) is 0 Å². The lowest BCUT2D eigenvalue weighted by molar-refractivity contribution is 0.278. The second-order valence-corrected chi connectivity index (χ2v) is 7.24. The van der Waals surface area contributed by atoms with Crippen LogP contribution in [-0.2, 0) is 23.1 Å². The van der Waals surface area contributed by atoms with Gasteiger partial charge in [0.15, 0.2) is 5.03 Å². The first-order valence-electron chi connectivity index (χ1n) is 5.40. The van der Waals surface area contributed by atoms with Crippen LogP contribution in [0, 0.1) is 0 Å². The van der Waals surface area contributed by atoms with Gasteiger partial charge >= 0.3 is 0 Å². The summed E-state index contributed by atoms with van der Waals surface area (Å²) in [5.74, 6) is 0. The van der Waals surface area contributed by atoms with Crippen LogP contribution in [0.2, 0.25) is 4.34 Å². The molecule has 6 nitrogen and oxygen atoms in total. The summed E-state index contributed by atoms with van der Waals surface area (Å²) in [5, 5.41) is 14.9. The third kappa shape index (κ3) is 3.54. The molecule has 2 aromatic rings. The van der Waals surface area contributed by atoms with Crippen LogP contribution in [0.15, 0.2) is 23.4 Å². The van der Waals surface area contributed by atoms with Gasteiger partial charge < -0.3 is 5.11 Å². The number of aromatic nitrogens is 2. The monoisotopic (exact) mass is 321 g/mol. The molecule has 2 aromatic heterocycles. The molecular formula is C10H12ClN3O3S2. The molecule has 0 saturated heterocycles.